The predicted octanol–water partition coefficient (Wildman–Crippen LogP) is 5.68. The molecule has 1 fully saturated rings. The molecule has 0 radical (unpaired) electrons. The van der Waals surface area contributed by atoms with Crippen LogP contribution in [0.3, 0.4) is 0 Å². The molecular formula is C27H30N8OSi. The van der Waals surface area contributed by atoms with Gasteiger partial charge in [-0.2, -0.15) is 0 Å². The summed E-state index contributed by atoms with van der Waals surface area (Å²) in [6.07, 6.45) is 5.14. The number of fused-ring (bicyclic) bond motifs is 2. The summed E-state index contributed by atoms with van der Waals surface area (Å²) in [4.78, 5) is 25.1. The fraction of sp³-hybridized carbons (Fsp3) is 0.296. The van der Waals surface area contributed by atoms with Crippen molar-refractivity contribution in [2.24, 2.45) is 7.05 Å². The molecule has 0 aliphatic carbocycles. The van der Waals surface area contributed by atoms with Gasteiger partial charge in [0.15, 0.2) is 5.82 Å². The van der Waals surface area contributed by atoms with E-state index in [1.807, 2.05) is 54.9 Å². The van der Waals surface area contributed by atoms with E-state index in [4.69, 9.17) is 9.72 Å². The Morgan fingerprint density at radius 1 is 0.946 bits per heavy atom. The lowest BCUT2D eigenvalue weighted by Gasteiger charge is -2.35. The largest absolute Gasteiger partial charge is 0.457 e. The van der Waals surface area contributed by atoms with E-state index in [-0.39, 0.29) is 0 Å². The van der Waals surface area contributed by atoms with Gasteiger partial charge in [0.25, 0.3) is 0 Å². The molecule has 1 N–H and O–H groups in total. The molecule has 6 rings (SSSR count). The van der Waals surface area contributed by atoms with E-state index in [2.05, 4.69) is 43.2 Å². The number of hydrogen-bond donors (Lipinski definition) is 1. The highest BCUT2D eigenvalue weighted by molar-refractivity contribution is 6.77. The smallest absolute Gasteiger partial charge is 0.226 e. The summed E-state index contributed by atoms with van der Waals surface area (Å²) in [7, 11) is 0.906. The zero-order chi connectivity index (χ0) is 25.6. The lowest BCUT2D eigenvalue weighted by Crippen LogP contribution is -2.43. The molecule has 188 valence electrons. The number of nitrogens with zero attached hydrogens (tertiary/aromatic N) is 7. The molecule has 0 spiro atoms. The molecule has 0 bridgehead atoms. The van der Waals surface area contributed by atoms with Crippen molar-refractivity contribution in [3.63, 3.8) is 0 Å². The van der Waals surface area contributed by atoms with Gasteiger partial charge in [-0.25, -0.2) is 24.9 Å². The van der Waals surface area contributed by atoms with Gasteiger partial charge in [0.1, 0.15) is 28.9 Å². The second-order valence-electron chi connectivity index (χ2n) is 10.5. The molecule has 0 unspecified atom stereocenters. The molecule has 0 atom stereocenters. The van der Waals surface area contributed by atoms with Crippen molar-refractivity contribution in [1.29, 1.82) is 0 Å². The Balaban J connectivity index is 1.23. The molecule has 0 saturated carbocycles. The van der Waals surface area contributed by atoms with Gasteiger partial charge < -0.3 is 19.5 Å². The van der Waals surface area contributed by atoms with Gasteiger partial charge in [-0.1, -0.05) is 13.1 Å². The number of anilines is 3. The third kappa shape index (κ3) is 4.72. The van der Waals surface area contributed by atoms with Crippen LogP contribution in [0.1, 0.15) is 5.56 Å². The number of aryl methyl sites for hydroxylation is 2. The molecule has 37 heavy (non-hydrogen) atoms. The summed E-state index contributed by atoms with van der Waals surface area (Å²) >= 11 is 0. The Kier molecular flexibility index (Phi) is 5.75. The number of aromatic nitrogens is 6. The molecular weight excluding hydrogens is 480 g/mol. The minimum atomic E-state index is -1.08. The molecule has 1 aliphatic heterocycles. The molecule has 3 aromatic heterocycles. The van der Waals surface area contributed by atoms with Crippen LogP contribution >= 0.6 is 0 Å². The number of benzene rings is 2. The van der Waals surface area contributed by atoms with E-state index >= 15 is 0 Å². The molecule has 4 heterocycles. The van der Waals surface area contributed by atoms with Crippen LogP contribution in [-0.2, 0) is 7.05 Å². The minimum absolute atomic E-state index is 0.661. The molecule has 1 aliphatic rings. The molecule has 5 aromatic rings. The SMILES string of the molecule is Cc1cc(Nc2ncnc3cnc(N4CC[Si](C)(C)CC4)nc23)ccc1Oc1ccc2c(c1)ncn2C. The standard InChI is InChI=1S/C27H30N8OSi/c1-18-13-19(5-8-24(18)36-20-6-7-23-21(14-20)31-17-34(23)2)32-26-25-22(29-16-30-26)15-28-27(33-25)35-9-11-37(3,4)12-10-35/h5-8,13-17H,9-12H2,1-4H3,(H,29,30,32). The Hall–Kier alpha value is -4.05. The van der Waals surface area contributed by atoms with E-state index in [1.54, 1.807) is 18.9 Å². The zero-order valence-corrected chi connectivity index (χ0v) is 22.6. The third-order valence-corrected chi connectivity index (χ3v) is 10.3. The molecule has 2 aromatic carbocycles. The Labute approximate surface area is 216 Å². The first kappa shape index (κ1) is 23.4. The summed E-state index contributed by atoms with van der Waals surface area (Å²) in [6, 6.07) is 14.4. The number of hydrogen-bond acceptors (Lipinski definition) is 8. The number of nitrogens with one attached hydrogen (secondary N) is 1. The lowest BCUT2D eigenvalue weighted by atomic mass is 10.2. The third-order valence-electron chi connectivity index (χ3n) is 7.13. The topological polar surface area (TPSA) is 93.9 Å². The maximum absolute atomic E-state index is 6.17. The minimum Gasteiger partial charge on any atom is -0.457 e. The van der Waals surface area contributed by atoms with Gasteiger partial charge in [0.2, 0.25) is 5.95 Å². The quantitative estimate of drug-likeness (QED) is 0.302. The second kappa shape index (κ2) is 9.11. The highest BCUT2D eigenvalue weighted by Gasteiger charge is 2.28. The summed E-state index contributed by atoms with van der Waals surface area (Å²) in [5.41, 5.74) is 5.31. The van der Waals surface area contributed by atoms with E-state index in [9.17, 15) is 0 Å². The number of rotatable bonds is 5. The van der Waals surface area contributed by atoms with E-state index in [0.717, 1.165) is 63.9 Å². The summed E-state index contributed by atoms with van der Waals surface area (Å²) in [5, 5.41) is 3.43. The molecule has 0 amide bonds. The van der Waals surface area contributed by atoms with Gasteiger partial charge in [-0.15, -0.1) is 0 Å². The van der Waals surface area contributed by atoms with Crippen LogP contribution in [0.25, 0.3) is 22.1 Å². The second-order valence-corrected chi connectivity index (χ2v) is 15.8. The van der Waals surface area contributed by atoms with E-state index in [0.29, 0.717) is 5.82 Å². The number of imidazole rings is 1. The van der Waals surface area contributed by atoms with Gasteiger partial charge in [0, 0.05) is 31.9 Å². The lowest BCUT2D eigenvalue weighted by molar-refractivity contribution is 0.479. The van der Waals surface area contributed by atoms with Gasteiger partial charge in [0.05, 0.1) is 31.6 Å². The van der Waals surface area contributed by atoms with Crippen LogP contribution in [0, 0.1) is 6.92 Å². The van der Waals surface area contributed by atoms with Crippen molar-refractivity contribution >= 4 is 47.6 Å². The van der Waals surface area contributed by atoms with Crippen LogP contribution in [0.5, 0.6) is 11.5 Å². The predicted molar refractivity (Wildman–Crippen MR) is 150 cm³/mol. The van der Waals surface area contributed by atoms with E-state index in [1.165, 1.54) is 12.1 Å². The average Bonchev–Trinajstić information content (AvgIpc) is 3.25. The molecule has 10 heteroatoms. The van der Waals surface area contributed by atoms with Crippen LogP contribution in [0.15, 0.2) is 55.2 Å². The van der Waals surface area contributed by atoms with Crippen molar-refractivity contribution in [1.82, 2.24) is 29.5 Å². The summed E-state index contributed by atoms with van der Waals surface area (Å²) < 4.78 is 8.16. The Bertz CT molecular complexity index is 1610. The molecule has 1 saturated heterocycles. The summed E-state index contributed by atoms with van der Waals surface area (Å²) in [5.74, 6) is 2.95. The highest BCUT2D eigenvalue weighted by atomic mass is 28.3. The van der Waals surface area contributed by atoms with Gasteiger partial charge >= 0.3 is 0 Å². The number of ether oxygens (including phenoxy) is 1. The van der Waals surface area contributed by atoms with Gasteiger partial charge in [-0.05, 0) is 54.9 Å². The van der Waals surface area contributed by atoms with Gasteiger partial charge in [-0.3, -0.25) is 0 Å². The van der Waals surface area contributed by atoms with Crippen LogP contribution < -0.4 is 15.0 Å². The highest BCUT2D eigenvalue weighted by Crippen LogP contribution is 2.31. The first-order valence-corrected chi connectivity index (χ1v) is 16.0. The first-order valence-electron chi connectivity index (χ1n) is 12.5. The fourth-order valence-corrected chi connectivity index (χ4v) is 6.69. The summed E-state index contributed by atoms with van der Waals surface area (Å²) in [6.45, 7) is 8.96. The fourth-order valence-electron chi connectivity index (χ4n) is 4.69. The maximum Gasteiger partial charge on any atom is 0.226 e. The van der Waals surface area contributed by atoms with Crippen molar-refractivity contribution < 1.29 is 4.74 Å². The average molecular weight is 511 g/mol. The maximum atomic E-state index is 6.17. The van der Waals surface area contributed by atoms with Crippen LogP contribution in [0.2, 0.25) is 25.2 Å². The normalized spacial score (nSPS) is 15.3. The first-order chi connectivity index (χ1) is 17.8. The Morgan fingerprint density at radius 2 is 1.78 bits per heavy atom. The van der Waals surface area contributed by atoms with Crippen molar-refractivity contribution in [3.05, 3.63) is 60.8 Å². The van der Waals surface area contributed by atoms with E-state index < -0.39 is 8.07 Å². The van der Waals surface area contributed by atoms with Crippen molar-refractivity contribution in [3.8, 4) is 11.5 Å². The van der Waals surface area contributed by atoms with Crippen LogP contribution in [-0.4, -0.2) is 50.7 Å². The van der Waals surface area contributed by atoms with Crippen molar-refractivity contribution in [2.45, 2.75) is 32.1 Å². The zero-order valence-electron chi connectivity index (χ0n) is 21.6. The van der Waals surface area contributed by atoms with Crippen molar-refractivity contribution in [2.75, 3.05) is 23.3 Å². The molecule has 9 nitrogen and oxygen atoms in total. The van der Waals surface area contributed by atoms with Crippen LogP contribution in [0.4, 0.5) is 17.5 Å². The monoisotopic (exact) mass is 510 g/mol. The Morgan fingerprint density at radius 3 is 2.59 bits per heavy atom.